The number of pyridine rings is 1. The minimum absolute atomic E-state index is 0.0328. The van der Waals surface area contributed by atoms with Crippen molar-refractivity contribution in [2.24, 2.45) is 28.2 Å². The highest BCUT2D eigenvalue weighted by molar-refractivity contribution is 6.46. The maximum atomic E-state index is 14.2. The van der Waals surface area contributed by atoms with Crippen molar-refractivity contribution in [2.45, 2.75) is 91.8 Å². The van der Waals surface area contributed by atoms with Crippen molar-refractivity contribution in [3.63, 3.8) is 0 Å². The summed E-state index contributed by atoms with van der Waals surface area (Å²) in [6, 6.07) is 11.1. The quantitative estimate of drug-likeness (QED) is 0.352. The number of benzene rings is 1. The van der Waals surface area contributed by atoms with E-state index in [1.807, 2.05) is 41.3 Å². The fraction of sp³-hybridized carbons (Fsp3) is 0.545. The predicted molar refractivity (Wildman–Crippen MR) is 156 cm³/mol. The third-order valence-corrected chi connectivity index (χ3v) is 8.82. The van der Waals surface area contributed by atoms with Gasteiger partial charge in [0.05, 0.1) is 6.04 Å². The van der Waals surface area contributed by atoms with Crippen molar-refractivity contribution in [3.05, 3.63) is 65.5 Å². The molecule has 1 aromatic carbocycles. The molecule has 0 bridgehead atoms. The highest BCUT2D eigenvalue weighted by atomic mass is 16.4. The lowest BCUT2D eigenvalue weighted by atomic mass is 9.69. The molecule has 2 unspecified atom stereocenters. The number of Topliss-reactive ketones (excluding diaryl/α,β-unsaturated/α-hetero) is 1. The zero-order chi connectivity index (χ0) is 29.2. The van der Waals surface area contributed by atoms with Crippen LogP contribution in [0.1, 0.15) is 108 Å². The molecule has 40 heavy (non-hydrogen) atoms. The largest absolute Gasteiger partial charge is 0.481 e. The second-order valence-corrected chi connectivity index (χ2v) is 13.0. The molecule has 1 aliphatic heterocycles. The van der Waals surface area contributed by atoms with Gasteiger partial charge in [-0.2, -0.15) is 0 Å². The Morgan fingerprint density at radius 1 is 1.07 bits per heavy atom. The smallest absolute Gasteiger partial charge is 0.303 e. The number of carbonyl (C=O) groups excluding carboxylic acids is 2. The zero-order valence-electron chi connectivity index (χ0n) is 24.7. The third kappa shape index (κ3) is 6.03. The molecule has 4 rings (SSSR count). The summed E-state index contributed by atoms with van der Waals surface area (Å²) < 4.78 is 0. The Hall–Kier alpha value is -3.35. The SMILES string of the molecule is CC(CCC(=O)O)C(=O)c1ccc(C(C(C)C)N2C(=O)C(c3cccnc3)=NC23CCC(C(C)(C)C)CC3)cc1. The number of rotatable bonds is 9. The van der Waals surface area contributed by atoms with Gasteiger partial charge in [0.25, 0.3) is 5.91 Å². The summed E-state index contributed by atoms with van der Waals surface area (Å²) in [6.07, 6.45) is 7.32. The highest BCUT2D eigenvalue weighted by Crippen LogP contribution is 2.50. The van der Waals surface area contributed by atoms with Gasteiger partial charge in [0, 0.05) is 35.9 Å². The van der Waals surface area contributed by atoms with E-state index >= 15 is 0 Å². The van der Waals surface area contributed by atoms with Crippen LogP contribution >= 0.6 is 0 Å². The van der Waals surface area contributed by atoms with E-state index in [-0.39, 0.29) is 41.4 Å². The Bertz CT molecular complexity index is 1250. The molecule has 0 saturated heterocycles. The average molecular weight is 546 g/mol. The van der Waals surface area contributed by atoms with Gasteiger partial charge in [0.1, 0.15) is 11.4 Å². The molecule has 1 aromatic heterocycles. The van der Waals surface area contributed by atoms with Gasteiger partial charge in [0.2, 0.25) is 0 Å². The summed E-state index contributed by atoms with van der Waals surface area (Å²) in [7, 11) is 0. The average Bonchev–Trinajstić information content (AvgIpc) is 3.18. The molecule has 2 aliphatic rings. The van der Waals surface area contributed by atoms with E-state index in [2.05, 4.69) is 39.6 Å². The van der Waals surface area contributed by atoms with E-state index < -0.39 is 11.6 Å². The first kappa shape index (κ1) is 29.6. The number of carboxylic acids is 1. The number of hydrogen-bond acceptors (Lipinski definition) is 5. The standard InChI is InChI=1S/C33H43N3O4/c1-21(2)29(23-10-12-24(13-11-23)30(39)22(3)9-14-27(37)38)36-31(40)28(25-8-7-19-34-20-25)35-33(36)17-15-26(16-18-33)32(4,5)6/h7-8,10-13,19-22,26,29H,9,14-18H2,1-6H3,(H,37,38). The van der Waals surface area contributed by atoms with E-state index in [1.165, 1.54) is 0 Å². The van der Waals surface area contributed by atoms with Crippen LogP contribution in [0.2, 0.25) is 0 Å². The molecular formula is C33H43N3O4. The monoisotopic (exact) mass is 545 g/mol. The van der Waals surface area contributed by atoms with Gasteiger partial charge in [-0.1, -0.05) is 65.8 Å². The van der Waals surface area contributed by atoms with Crippen LogP contribution in [0.25, 0.3) is 0 Å². The third-order valence-electron chi connectivity index (χ3n) is 8.82. The van der Waals surface area contributed by atoms with Gasteiger partial charge < -0.3 is 10.0 Å². The van der Waals surface area contributed by atoms with E-state index in [0.717, 1.165) is 36.8 Å². The molecule has 1 amide bonds. The van der Waals surface area contributed by atoms with E-state index in [0.29, 0.717) is 23.6 Å². The van der Waals surface area contributed by atoms with Crippen LogP contribution in [-0.4, -0.2) is 44.0 Å². The Kier molecular flexibility index (Phi) is 8.62. The van der Waals surface area contributed by atoms with Crippen molar-refractivity contribution in [1.82, 2.24) is 9.88 Å². The van der Waals surface area contributed by atoms with Gasteiger partial charge >= 0.3 is 5.97 Å². The Morgan fingerprint density at radius 2 is 1.73 bits per heavy atom. The van der Waals surface area contributed by atoms with E-state index in [9.17, 15) is 14.4 Å². The van der Waals surface area contributed by atoms with Crippen LogP contribution in [0.5, 0.6) is 0 Å². The summed E-state index contributed by atoms with van der Waals surface area (Å²) in [5.41, 5.74) is 2.34. The second-order valence-electron chi connectivity index (χ2n) is 13.0. The Balaban J connectivity index is 1.68. The van der Waals surface area contributed by atoms with Crippen molar-refractivity contribution in [1.29, 1.82) is 0 Å². The van der Waals surface area contributed by atoms with Crippen molar-refractivity contribution >= 4 is 23.4 Å². The number of carboxylic acid groups (broad SMARTS) is 1. The van der Waals surface area contributed by atoms with Crippen molar-refractivity contribution in [3.8, 4) is 0 Å². The van der Waals surface area contributed by atoms with E-state index in [4.69, 9.17) is 10.1 Å². The van der Waals surface area contributed by atoms with Crippen LogP contribution in [0, 0.1) is 23.2 Å². The lowest BCUT2D eigenvalue weighted by Crippen LogP contribution is -2.52. The number of aliphatic carboxylic acids is 1. The minimum atomic E-state index is -0.900. The summed E-state index contributed by atoms with van der Waals surface area (Å²) in [5.74, 6) is -0.726. The lowest BCUT2D eigenvalue weighted by Gasteiger charge is -2.48. The van der Waals surface area contributed by atoms with Gasteiger partial charge in [-0.05, 0) is 67.1 Å². The molecule has 2 heterocycles. The maximum Gasteiger partial charge on any atom is 0.303 e. The molecule has 1 N–H and O–H groups in total. The molecule has 214 valence electrons. The van der Waals surface area contributed by atoms with Crippen LogP contribution in [-0.2, 0) is 9.59 Å². The van der Waals surface area contributed by atoms with Crippen LogP contribution in [0.3, 0.4) is 0 Å². The number of amides is 1. The number of hydrogen-bond donors (Lipinski definition) is 1. The molecular weight excluding hydrogens is 502 g/mol. The molecule has 0 radical (unpaired) electrons. The summed E-state index contributed by atoms with van der Waals surface area (Å²) in [4.78, 5) is 49.6. The topological polar surface area (TPSA) is 99.9 Å². The summed E-state index contributed by atoms with van der Waals surface area (Å²) >= 11 is 0. The van der Waals surface area contributed by atoms with Gasteiger partial charge in [-0.25, -0.2) is 0 Å². The first-order valence-electron chi connectivity index (χ1n) is 14.5. The number of carbonyl (C=O) groups is 3. The highest BCUT2D eigenvalue weighted by Gasteiger charge is 2.53. The van der Waals surface area contributed by atoms with Crippen molar-refractivity contribution in [2.75, 3.05) is 0 Å². The van der Waals surface area contributed by atoms with E-state index in [1.54, 1.807) is 19.3 Å². The molecule has 2 aromatic rings. The van der Waals surface area contributed by atoms with Crippen LogP contribution < -0.4 is 0 Å². The molecule has 1 aliphatic carbocycles. The maximum absolute atomic E-state index is 14.2. The molecule has 2 atom stereocenters. The number of nitrogens with zero attached hydrogens (tertiary/aromatic N) is 3. The second kappa shape index (κ2) is 11.6. The van der Waals surface area contributed by atoms with Crippen molar-refractivity contribution < 1.29 is 19.5 Å². The lowest BCUT2D eigenvalue weighted by molar-refractivity contribution is -0.137. The molecule has 1 fully saturated rings. The predicted octanol–water partition coefficient (Wildman–Crippen LogP) is 6.73. The molecule has 7 heteroatoms. The Labute approximate surface area is 238 Å². The number of ketones is 1. The van der Waals surface area contributed by atoms with Gasteiger partial charge in [0.15, 0.2) is 5.78 Å². The van der Waals surface area contributed by atoms with Crippen LogP contribution in [0.15, 0.2) is 53.8 Å². The molecule has 7 nitrogen and oxygen atoms in total. The van der Waals surface area contributed by atoms with Gasteiger partial charge in [-0.15, -0.1) is 0 Å². The minimum Gasteiger partial charge on any atom is -0.481 e. The number of aromatic nitrogens is 1. The van der Waals surface area contributed by atoms with Gasteiger partial charge in [-0.3, -0.25) is 24.4 Å². The van der Waals surface area contributed by atoms with Crippen LogP contribution in [0.4, 0.5) is 0 Å². The molecule has 1 spiro atoms. The first-order valence-corrected chi connectivity index (χ1v) is 14.5. The fourth-order valence-corrected chi connectivity index (χ4v) is 6.42. The zero-order valence-corrected chi connectivity index (χ0v) is 24.7. The number of aliphatic imine (C=N–C) groups is 1. The summed E-state index contributed by atoms with van der Waals surface area (Å²) in [5, 5.41) is 8.98. The Morgan fingerprint density at radius 3 is 2.25 bits per heavy atom. The molecule has 1 saturated carbocycles. The summed E-state index contributed by atoms with van der Waals surface area (Å²) in [6.45, 7) is 12.9. The first-order chi connectivity index (χ1) is 18.8. The normalized spacial score (nSPS) is 22.9. The fourth-order valence-electron chi connectivity index (χ4n) is 6.42.